The van der Waals surface area contributed by atoms with Gasteiger partial charge in [0.15, 0.2) is 5.78 Å². The Labute approximate surface area is 114 Å². The normalized spacial score (nSPS) is 33.4. The number of carbonyl (C=O) groups is 1. The van der Waals surface area contributed by atoms with Gasteiger partial charge in [-0.3, -0.25) is 9.00 Å². The van der Waals surface area contributed by atoms with Crippen LogP contribution in [0.4, 0.5) is 4.39 Å². The summed E-state index contributed by atoms with van der Waals surface area (Å²) in [4.78, 5) is 12.5. The molecule has 2 aliphatic heterocycles. The zero-order chi connectivity index (χ0) is 13.6. The summed E-state index contributed by atoms with van der Waals surface area (Å²) in [7, 11) is -0.733. The second-order valence-corrected chi connectivity index (χ2v) is 7.63. The number of aryl methyl sites for hydroxylation is 1. The van der Waals surface area contributed by atoms with Crippen LogP contribution in [0.1, 0.15) is 41.6 Å². The van der Waals surface area contributed by atoms with Crippen LogP contribution in [-0.4, -0.2) is 20.5 Å². The number of rotatable bonds is 2. The Kier molecular flexibility index (Phi) is 3.29. The highest BCUT2D eigenvalue weighted by Gasteiger charge is 2.42. The number of hydrogen-bond acceptors (Lipinski definition) is 2. The van der Waals surface area contributed by atoms with Gasteiger partial charge in [-0.25, -0.2) is 4.39 Å². The van der Waals surface area contributed by atoms with E-state index in [1.165, 1.54) is 12.1 Å². The van der Waals surface area contributed by atoms with Crippen LogP contribution in [-0.2, 0) is 10.8 Å². The molecule has 102 valence electrons. The van der Waals surface area contributed by atoms with Gasteiger partial charge in [-0.05, 0) is 56.4 Å². The second kappa shape index (κ2) is 4.82. The number of ketones is 1. The molecule has 0 saturated carbocycles. The Morgan fingerprint density at radius 3 is 2.47 bits per heavy atom. The van der Waals surface area contributed by atoms with Crippen LogP contribution in [0, 0.1) is 18.7 Å². The molecule has 0 aliphatic carbocycles. The molecule has 0 spiro atoms. The third-order valence-electron chi connectivity index (χ3n) is 4.39. The molecule has 2 bridgehead atoms. The van der Waals surface area contributed by atoms with Crippen molar-refractivity contribution in [1.29, 1.82) is 0 Å². The van der Waals surface area contributed by atoms with Gasteiger partial charge in [-0.2, -0.15) is 0 Å². The van der Waals surface area contributed by atoms with Crippen LogP contribution in [0.15, 0.2) is 18.2 Å². The van der Waals surface area contributed by atoms with Crippen LogP contribution in [0.5, 0.6) is 0 Å². The summed E-state index contributed by atoms with van der Waals surface area (Å²) in [6.45, 7) is 1.77. The Morgan fingerprint density at radius 1 is 1.26 bits per heavy atom. The average molecular weight is 280 g/mol. The lowest BCUT2D eigenvalue weighted by molar-refractivity contribution is 0.0905. The average Bonchev–Trinajstić information content (AvgIpc) is 2.61. The van der Waals surface area contributed by atoms with E-state index in [9.17, 15) is 13.4 Å². The molecule has 1 aromatic carbocycles. The highest BCUT2D eigenvalue weighted by molar-refractivity contribution is 7.86. The maximum Gasteiger partial charge on any atom is 0.166 e. The third-order valence-corrected chi connectivity index (χ3v) is 6.56. The van der Waals surface area contributed by atoms with E-state index in [1.807, 2.05) is 0 Å². The SMILES string of the molecule is Cc1cc(F)ccc1C(=O)C1CC2CCC(C1)S2=O. The molecule has 0 aromatic heterocycles. The van der Waals surface area contributed by atoms with Gasteiger partial charge in [0.05, 0.1) is 0 Å². The van der Waals surface area contributed by atoms with Crippen LogP contribution < -0.4 is 0 Å². The van der Waals surface area contributed by atoms with Gasteiger partial charge in [-0.15, -0.1) is 0 Å². The minimum atomic E-state index is -0.733. The first-order chi connectivity index (χ1) is 9.06. The lowest BCUT2D eigenvalue weighted by atomic mass is 9.88. The molecule has 2 atom stereocenters. The van der Waals surface area contributed by atoms with Gasteiger partial charge in [0, 0.05) is 32.8 Å². The van der Waals surface area contributed by atoms with Crippen LogP contribution in [0.25, 0.3) is 0 Å². The summed E-state index contributed by atoms with van der Waals surface area (Å²) in [6.07, 6.45) is 3.45. The van der Waals surface area contributed by atoms with E-state index in [1.54, 1.807) is 13.0 Å². The van der Waals surface area contributed by atoms with E-state index < -0.39 is 10.8 Å². The number of benzene rings is 1. The zero-order valence-corrected chi connectivity index (χ0v) is 11.7. The summed E-state index contributed by atoms with van der Waals surface area (Å²) in [5, 5.41) is 0.405. The summed E-state index contributed by atoms with van der Waals surface area (Å²) < 4.78 is 25.0. The molecular weight excluding hydrogens is 263 g/mol. The van der Waals surface area contributed by atoms with Crippen LogP contribution >= 0.6 is 0 Å². The first-order valence-corrected chi connectivity index (χ1v) is 8.03. The fourth-order valence-corrected chi connectivity index (χ4v) is 5.50. The molecule has 2 nitrogen and oxygen atoms in total. The molecule has 2 fully saturated rings. The van der Waals surface area contributed by atoms with Gasteiger partial charge in [0.2, 0.25) is 0 Å². The monoisotopic (exact) mass is 280 g/mol. The van der Waals surface area contributed by atoms with Crippen LogP contribution in [0.3, 0.4) is 0 Å². The molecule has 2 saturated heterocycles. The summed E-state index contributed by atoms with van der Waals surface area (Å²) in [6, 6.07) is 4.33. The molecule has 4 heteroatoms. The van der Waals surface area contributed by atoms with Crippen molar-refractivity contribution < 1.29 is 13.4 Å². The predicted octanol–water partition coefficient (Wildman–Crippen LogP) is 3.01. The number of halogens is 1. The van der Waals surface area contributed by atoms with E-state index in [2.05, 4.69) is 0 Å². The Bertz CT molecular complexity index is 539. The third kappa shape index (κ3) is 2.27. The summed E-state index contributed by atoms with van der Waals surface area (Å²) >= 11 is 0. The van der Waals surface area contributed by atoms with Crippen molar-refractivity contribution in [3.8, 4) is 0 Å². The first kappa shape index (κ1) is 13.0. The first-order valence-electron chi connectivity index (χ1n) is 6.76. The maximum atomic E-state index is 13.1. The van der Waals surface area contributed by atoms with Crippen molar-refractivity contribution >= 4 is 16.6 Å². The quantitative estimate of drug-likeness (QED) is 0.780. The molecule has 0 N–H and O–H groups in total. The topological polar surface area (TPSA) is 34.1 Å². The minimum Gasteiger partial charge on any atom is -0.294 e. The van der Waals surface area contributed by atoms with Crippen molar-refractivity contribution in [3.05, 3.63) is 35.1 Å². The van der Waals surface area contributed by atoms with E-state index >= 15 is 0 Å². The maximum absolute atomic E-state index is 13.1. The molecule has 0 amide bonds. The highest BCUT2D eigenvalue weighted by atomic mass is 32.2. The molecule has 2 heterocycles. The zero-order valence-electron chi connectivity index (χ0n) is 10.9. The smallest absolute Gasteiger partial charge is 0.166 e. The summed E-state index contributed by atoms with van der Waals surface area (Å²) in [5.74, 6) is -0.232. The number of carbonyl (C=O) groups excluding carboxylic acids is 1. The standard InChI is InChI=1S/C15H17FO2S/c1-9-6-11(16)2-5-14(9)15(17)10-7-12-3-4-13(8-10)19(12)18/h2,5-6,10,12-13H,3-4,7-8H2,1H3. The van der Waals surface area contributed by atoms with Gasteiger partial charge in [0.1, 0.15) is 5.82 Å². The Hall–Kier alpha value is -1.03. The van der Waals surface area contributed by atoms with Gasteiger partial charge >= 0.3 is 0 Å². The minimum absolute atomic E-state index is 0.0284. The van der Waals surface area contributed by atoms with E-state index in [4.69, 9.17) is 0 Å². The second-order valence-electron chi connectivity index (χ2n) is 5.64. The fourth-order valence-electron chi connectivity index (χ4n) is 3.37. The van der Waals surface area contributed by atoms with Gasteiger partial charge in [-0.1, -0.05) is 0 Å². The van der Waals surface area contributed by atoms with Crippen molar-refractivity contribution in [2.75, 3.05) is 0 Å². The van der Waals surface area contributed by atoms with Gasteiger partial charge < -0.3 is 0 Å². The highest BCUT2D eigenvalue weighted by Crippen LogP contribution is 2.40. The lowest BCUT2D eigenvalue weighted by Gasteiger charge is -2.26. The number of Topliss-reactive ketones (excluding diaryl/α,β-unsaturated/α-hetero) is 1. The van der Waals surface area contributed by atoms with E-state index in [-0.39, 0.29) is 28.0 Å². The van der Waals surface area contributed by atoms with E-state index in [0.717, 1.165) is 25.7 Å². The Balaban J connectivity index is 1.83. The van der Waals surface area contributed by atoms with Crippen molar-refractivity contribution in [1.82, 2.24) is 0 Å². The predicted molar refractivity (Wildman–Crippen MR) is 73.1 cm³/mol. The molecule has 1 aromatic rings. The summed E-state index contributed by atoms with van der Waals surface area (Å²) in [5.41, 5.74) is 1.32. The fraction of sp³-hybridized carbons (Fsp3) is 0.533. The number of hydrogen-bond donors (Lipinski definition) is 0. The molecule has 3 rings (SSSR count). The molecular formula is C15H17FO2S. The largest absolute Gasteiger partial charge is 0.294 e. The van der Waals surface area contributed by atoms with Crippen molar-refractivity contribution in [3.63, 3.8) is 0 Å². The molecule has 0 radical (unpaired) electrons. The van der Waals surface area contributed by atoms with Crippen molar-refractivity contribution in [2.45, 2.75) is 43.1 Å². The molecule has 19 heavy (non-hydrogen) atoms. The van der Waals surface area contributed by atoms with E-state index in [0.29, 0.717) is 11.1 Å². The lowest BCUT2D eigenvalue weighted by Crippen LogP contribution is -2.32. The molecule has 2 unspecified atom stereocenters. The van der Waals surface area contributed by atoms with Crippen molar-refractivity contribution in [2.24, 2.45) is 5.92 Å². The number of fused-ring (bicyclic) bond motifs is 2. The van der Waals surface area contributed by atoms with Crippen LogP contribution in [0.2, 0.25) is 0 Å². The van der Waals surface area contributed by atoms with Gasteiger partial charge in [0.25, 0.3) is 0 Å². The molecule has 2 aliphatic rings. The Morgan fingerprint density at radius 2 is 1.89 bits per heavy atom.